The van der Waals surface area contributed by atoms with Gasteiger partial charge < -0.3 is 14.8 Å². The van der Waals surface area contributed by atoms with Crippen molar-refractivity contribution in [2.75, 3.05) is 14.2 Å². The number of nitrogens with one attached hydrogen (secondary N) is 1. The van der Waals surface area contributed by atoms with Gasteiger partial charge in [-0.1, -0.05) is 24.3 Å². The third-order valence-corrected chi connectivity index (χ3v) is 3.70. The summed E-state index contributed by atoms with van der Waals surface area (Å²) in [7, 11) is 2.84. The van der Waals surface area contributed by atoms with E-state index in [9.17, 15) is 14.0 Å². The molecule has 0 aliphatic carbocycles. The Morgan fingerprint density at radius 3 is 2.48 bits per heavy atom. The highest BCUT2D eigenvalue weighted by molar-refractivity contribution is 5.80. The highest BCUT2D eigenvalue weighted by Crippen LogP contribution is 2.19. The van der Waals surface area contributed by atoms with Crippen LogP contribution in [0.3, 0.4) is 0 Å². The van der Waals surface area contributed by atoms with Crippen molar-refractivity contribution in [1.29, 1.82) is 0 Å². The van der Waals surface area contributed by atoms with E-state index >= 15 is 0 Å². The van der Waals surface area contributed by atoms with Crippen LogP contribution in [0.2, 0.25) is 0 Å². The second kappa shape index (κ2) is 8.82. The van der Waals surface area contributed by atoms with Crippen molar-refractivity contribution in [1.82, 2.24) is 5.32 Å². The zero-order valence-corrected chi connectivity index (χ0v) is 14.1. The summed E-state index contributed by atoms with van der Waals surface area (Å²) in [6.07, 6.45) is 0.0993. The number of hydrogen-bond donors (Lipinski definition) is 1. The Bertz CT molecular complexity index is 730. The molecule has 2 aromatic carbocycles. The van der Waals surface area contributed by atoms with Gasteiger partial charge >= 0.3 is 5.97 Å². The lowest BCUT2D eigenvalue weighted by molar-refractivity contribution is -0.141. The number of ether oxygens (including phenoxy) is 2. The van der Waals surface area contributed by atoms with Gasteiger partial charge in [-0.05, 0) is 35.4 Å². The number of amides is 1. The van der Waals surface area contributed by atoms with Crippen LogP contribution in [0.1, 0.15) is 23.6 Å². The molecule has 0 saturated heterocycles. The van der Waals surface area contributed by atoms with Gasteiger partial charge in [0.2, 0.25) is 5.91 Å². The summed E-state index contributed by atoms with van der Waals surface area (Å²) in [4.78, 5) is 24.0. The number of esters is 1. The van der Waals surface area contributed by atoms with Crippen LogP contribution >= 0.6 is 0 Å². The molecule has 0 unspecified atom stereocenters. The van der Waals surface area contributed by atoms with Gasteiger partial charge in [-0.3, -0.25) is 9.59 Å². The third kappa shape index (κ3) is 5.60. The Hall–Kier alpha value is -2.89. The maximum atomic E-state index is 13.1. The van der Waals surface area contributed by atoms with Crippen LogP contribution in [-0.4, -0.2) is 26.1 Å². The summed E-state index contributed by atoms with van der Waals surface area (Å²) in [6, 6.07) is 12.2. The molecule has 1 N–H and O–H groups in total. The first kappa shape index (κ1) is 18.4. The molecule has 0 heterocycles. The average molecular weight is 345 g/mol. The first-order valence-electron chi connectivity index (χ1n) is 7.76. The van der Waals surface area contributed by atoms with Crippen LogP contribution in [0.4, 0.5) is 4.39 Å². The van der Waals surface area contributed by atoms with Gasteiger partial charge in [0.25, 0.3) is 0 Å². The average Bonchev–Trinajstić information content (AvgIpc) is 2.61. The van der Waals surface area contributed by atoms with E-state index in [1.54, 1.807) is 25.3 Å². The Morgan fingerprint density at radius 1 is 1.12 bits per heavy atom. The summed E-state index contributed by atoms with van der Waals surface area (Å²) in [5.41, 5.74) is 1.42. The normalized spacial score (nSPS) is 11.5. The van der Waals surface area contributed by atoms with E-state index in [-0.39, 0.29) is 24.6 Å². The summed E-state index contributed by atoms with van der Waals surface area (Å²) in [6.45, 7) is 0. The van der Waals surface area contributed by atoms with Crippen molar-refractivity contribution in [3.05, 3.63) is 65.5 Å². The quantitative estimate of drug-likeness (QED) is 0.784. The molecule has 0 bridgehead atoms. The Kier molecular flexibility index (Phi) is 6.51. The minimum Gasteiger partial charge on any atom is -0.497 e. The van der Waals surface area contributed by atoms with Crippen LogP contribution in [0.5, 0.6) is 5.75 Å². The predicted molar refractivity (Wildman–Crippen MR) is 90.6 cm³/mol. The highest BCUT2D eigenvalue weighted by Gasteiger charge is 2.19. The molecule has 132 valence electrons. The molecular formula is C19H20FNO4. The maximum absolute atomic E-state index is 13.1. The molecule has 1 atom stereocenters. The minimum absolute atomic E-state index is 0.0357. The number of carbonyl (C=O) groups is 2. The largest absolute Gasteiger partial charge is 0.497 e. The lowest BCUT2D eigenvalue weighted by atomic mass is 10.0. The lowest BCUT2D eigenvalue weighted by Gasteiger charge is -2.18. The second-order valence-electron chi connectivity index (χ2n) is 5.48. The number of methoxy groups -OCH3 is 2. The molecule has 0 spiro atoms. The van der Waals surface area contributed by atoms with E-state index in [0.717, 1.165) is 5.56 Å². The predicted octanol–water partition coefficient (Wildman–Crippen LogP) is 2.80. The molecule has 25 heavy (non-hydrogen) atoms. The van der Waals surface area contributed by atoms with Gasteiger partial charge in [0, 0.05) is 0 Å². The van der Waals surface area contributed by atoms with Crippen molar-refractivity contribution in [3.8, 4) is 5.75 Å². The van der Waals surface area contributed by atoms with Crippen molar-refractivity contribution < 1.29 is 23.5 Å². The topological polar surface area (TPSA) is 64.6 Å². The summed E-state index contributed by atoms with van der Waals surface area (Å²) in [5.74, 6) is -0.444. The number of benzene rings is 2. The van der Waals surface area contributed by atoms with E-state index in [0.29, 0.717) is 11.3 Å². The SMILES string of the molecule is COC(=O)C[C@@H](NC(=O)Cc1cccc(OC)c1)c1ccc(F)cc1. The molecule has 0 aromatic heterocycles. The molecule has 5 nitrogen and oxygen atoms in total. The molecular weight excluding hydrogens is 325 g/mol. The van der Waals surface area contributed by atoms with Crippen LogP contribution in [0, 0.1) is 5.82 Å². The number of carbonyl (C=O) groups excluding carboxylic acids is 2. The molecule has 2 rings (SSSR count). The Balaban J connectivity index is 2.10. The first-order valence-corrected chi connectivity index (χ1v) is 7.76. The zero-order valence-electron chi connectivity index (χ0n) is 14.1. The molecule has 1 amide bonds. The number of hydrogen-bond acceptors (Lipinski definition) is 4. The number of rotatable bonds is 7. The first-order chi connectivity index (χ1) is 12.0. The Morgan fingerprint density at radius 2 is 1.84 bits per heavy atom. The summed E-state index contributed by atoms with van der Waals surface area (Å²) in [5, 5.41) is 2.80. The summed E-state index contributed by atoms with van der Waals surface area (Å²) >= 11 is 0. The van der Waals surface area contributed by atoms with Crippen LogP contribution < -0.4 is 10.1 Å². The van der Waals surface area contributed by atoms with Gasteiger partial charge in [-0.15, -0.1) is 0 Å². The van der Waals surface area contributed by atoms with Crippen LogP contribution in [-0.2, 0) is 20.7 Å². The standard InChI is InChI=1S/C19H20FNO4/c1-24-16-5-3-4-13(10-16)11-18(22)21-17(12-19(23)25-2)14-6-8-15(20)9-7-14/h3-10,17H,11-12H2,1-2H3,(H,21,22)/t17-/m1/s1. The van der Waals surface area contributed by atoms with E-state index in [1.807, 2.05) is 6.07 Å². The fraction of sp³-hybridized carbons (Fsp3) is 0.263. The molecule has 0 fully saturated rings. The molecule has 0 radical (unpaired) electrons. The second-order valence-corrected chi connectivity index (χ2v) is 5.48. The van der Waals surface area contributed by atoms with Crippen LogP contribution in [0.15, 0.2) is 48.5 Å². The maximum Gasteiger partial charge on any atom is 0.307 e. The van der Waals surface area contributed by atoms with Crippen molar-refractivity contribution in [2.45, 2.75) is 18.9 Å². The highest BCUT2D eigenvalue weighted by atomic mass is 19.1. The fourth-order valence-electron chi connectivity index (χ4n) is 2.41. The van der Waals surface area contributed by atoms with E-state index < -0.39 is 12.0 Å². The smallest absolute Gasteiger partial charge is 0.307 e. The number of halogens is 1. The fourth-order valence-corrected chi connectivity index (χ4v) is 2.41. The van der Waals surface area contributed by atoms with Crippen molar-refractivity contribution in [2.24, 2.45) is 0 Å². The van der Waals surface area contributed by atoms with Crippen molar-refractivity contribution >= 4 is 11.9 Å². The van der Waals surface area contributed by atoms with Gasteiger partial charge in [0.15, 0.2) is 0 Å². The molecule has 0 saturated carbocycles. The zero-order chi connectivity index (χ0) is 18.2. The van der Waals surface area contributed by atoms with Gasteiger partial charge in [0.05, 0.1) is 33.1 Å². The van der Waals surface area contributed by atoms with Gasteiger partial charge in [-0.2, -0.15) is 0 Å². The van der Waals surface area contributed by atoms with E-state index in [1.165, 1.54) is 31.4 Å². The van der Waals surface area contributed by atoms with E-state index in [2.05, 4.69) is 10.1 Å². The molecule has 0 aliphatic rings. The van der Waals surface area contributed by atoms with Crippen LogP contribution in [0.25, 0.3) is 0 Å². The lowest BCUT2D eigenvalue weighted by Crippen LogP contribution is -2.31. The van der Waals surface area contributed by atoms with Gasteiger partial charge in [-0.25, -0.2) is 4.39 Å². The van der Waals surface area contributed by atoms with E-state index in [4.69, 9.17) is 4.74 Å². The molecule has 2 aromatic rings. The van der Waals surface area contributed by atoms with Crippen molar-refractivity contribution in [3.63, 3.8) is 0 Å². The Labute approximate surface area is 145 Å². The monoisotopic (exact) mass is 345 g/mol. The third-order valence-electron chi connectivity index (χ3n) is 3.70. The molecule has 6 heteroatoms. The summed E-state index contributed by atoms with van der Waals surface area (Å²) < 4.78 is 22.9. The van der Waals surface area contributed by atoms with Gasteiger partial charge in [0.1, 0.15) is 11.6 Å². The molecule has 0 aliphatic heterocycles. The minimum atomic E-state index is -0.592.